The quantitative estimate of drug-likeness (QED) is 0.377. The van der Waals surface area contributed by atoms with Crippen molar-refractivity contribution in [2.45, 2.75) is 45.5 Å². The van der Waals surface area contributed by atoms with Crippen molar-refractivity contribution < 1.29 is 14.3 Å². The molecule has 0 fully saturated rings. The minimum absolute atomic E-state index is 0.00100. The van der Waals surface area contributed by atoms with Gasteiger partial charge in [0.05, 0.1) is 18.6 Å². The van der Waals surface area contributed by atoms with Crippen LogP contribution in [0.15, 0.2) is 6.07 Å². The largest absolute Gasteiger partial charge is 0.382 e. The molecule has 1 aromatic heterocycles. The van der Waals surface area contributed by atoms with Gasteiger partial charge >= 0.3 is 0 Å². The maximum absolute atomic E-state index is 12.0. The number of methoxy groups -OCH3 is 1. The van der Waals surface area contributed by atoms with E-state index in [1.165, 1.54) is 0 Å². The SMILES string of the molecule is COCCOCCCCn1c(C)cc(C(=O)C(C)Cl)c1C. The van der Waals surface area contributed by atoms with E-state index in [1.807, 2.05) is 19.9 Å². The summed E-state index contributed by atoms with van der Waals surface area (Å²) >= 11 is 5.90. The minimum atomic E-state index is -0.479. The van der Waals surface area contributed by atoms with E-state index in [4.69, 9.17) is 21.1 Å². The molecule has 4 nitrogen and oxygen atoms in total. The molecule has 1 unspecified atom stereocenters. The molecule has 0 radical (unpaired) electrons. The van der Waals surface area contributed by atoms with Crippen LogP contribution in [0.3, 0.4) is 0 Å². The zero-order valence-electron chi connectivity index (χ0n) is 13.4. The van der Waals surface area contributed by atoms with E-state index in [2.05, 4.69) is 4.57 Å². The van der Waals surface area contributed by atoms with Gasteiger partial charge in [0.2, 0.25) is 0 Å². The van der Waals surface area contributed by atoms with Crippen LogP contribution in [0.25, 0.3) is 0 Å². The molecule has 1 atom stereocenters. The number of carbonyl (C=O) groups is 1. The average molecular weight is 316 g/mol. The number of aryl methyl sites for hydroxylation is 1. The molecule has 1 rings (SSSR count). The number of hydrogen-bond donors (Lipinski definition) is 0. The number of carbonyl (C=O) groups excluding carboxylic acids is 1. The topological polar surface area (TPSA) is 40.5 Å². The first-order chi connectivity index (χ1) is 9.99. The summed E-state index contributed by atoms with van der Waals surface area (Å²) in [4.78, 5) is 12.0. The number of Topliss-reactive ketones (excluding diaryl/α,β-unsaturated/α-hetero) is 1. The molecule has 21 heavy (non-hydrogen) atoms. The van der Waals surface area contributed by atoms with Crippen LogP contribution in [0.1, 0.15) is 41.5 Å². The molecule has 0 aliphatic heterocycles. The van der Waals surface area contributed by atoms with Crippen molar-refractivity contribution in [2.24, 2.45) is 0 Å². The summed E-state index contributed by atoms with van der Waals surface area (Å²) in [7, 11) is 1.67. The van der Waals surface area contributed by atoms with E-state index in [0.717, 1.165) is 42.9 Å². The smallest absolute Gasteiger partial charge is 0.182 e. The summed E-state index contributed by atoms with van der Waals surface area (Å²) in [6.07, 6.45) is 2.02. The number of unbranched alkanes of at least 4 members (excludes halogenated alkanes) is 1. The predicted octanol–water partition coefficient (Wildman–Crippen LogP) is 3.36. The Labute approximate surface area is 132 Å². The molecule has 0 saturated heterocycles. The Bertz CT molecular complexity index is 455. The molecule has 5 heteroatoms. The maximum atomic E-state index is 12.0. The highest BCUT2D eigenvalue weighted by molar-refractivity contribution is 6.33. The van der Waals surface area contributed by atoms with Crippen LogP contribution >= 0.6 is 11.6 Å². The molecule has 0 aliphatic carbocycles. The first kappa shape index (κ1) is 18.2. The number of ether oxygens (including phenoxy) is 2. The van der Waals surface area contributed by atoms with Crippen molar-refractivity contribution in [3.05, 3.63) is 23.0 Å². The standard InChI is InChI=1S/C16H26ClNO3/c1-12-11-15(16(19)13(2)17)14(3)18(12)7-5-6-8-21-10-9-20-4/h11,13H,5-10H2,1-4H3. The summed E-state index contributed by atoms with van der Waals surface area (Å²) in [5.41, 5.74) is 2.85. The third-order valence-corrected chi connectivity index (χ3v) is 3.75. The van der Waals surface area contributed by atoms with Crippen molar-refractivity contribution >= 4 is 17.4 Å². The van der Waals surface area contributed by atoms with Gasteiger partial charge in [-0.1, -0.05) is 0 Å². The molecule has 120 valence electrons. The Morgan fingerprint density at radius 1 is 1.29 bits per heavy atom. The van der Waals surface area contributed by atoms with Crippen LogP contribution in [0.5, 0.6) is 0 Å². The Kier molecular flexibility index (Phi) is 8.01. The fourth-order valence-electron chi connectivity index (χ4n) is 2.33. The number of aromatic nitrogens is 1. The first-order valence-corrected chi connectivity index (χ1v) is 7.84. The van der Waals surface area contributed by atoms with Crippen molar-refractivity contribution in [3.8, 4) is 0 Å². The second-order valence-corrected chi connectivity index (χ2v) is 5.88. The lowest BCUT2D eigenvalue weighted by Gasteiger charge is -2.10. The van der Waals surface area contributed by atoms with E-state index < -0.39 is 5.38 Å². The van der Waals surface area contributed by atoms with Gasteiger partial charge in [0, 0.05) is 37.2 Å². The van der Waals surface area contributed by atoms with Gasteiger partial charge < -0.3 is 14.0 Å². The second-order valence-electron chi connectivity index (χ2n) is 5.23. The van der Waals surface area contributed by atoms with Crippen LogP contribution in [-0.2, 0) is 16.0 Å². The van der Waals surface area contributed by atoms with E-state index in [9.17, 15) is 4.79 Å². The van der Waals surface area contributed by atoms with Crippen molar-refractivity contribution in [1.82, 2.24) is 4.57 Å². The zero-order chi connectivity index (χ0) is 15.8. The van der Waals surface area contributed by atoms with Crippen LogP contribution in [-0.4, -0.2) is 42.7 Å². The normalized spacial score (nSPS) is 12.6. The molecule has 1 aromatic rings. The van der Waals surface area contributed by atoms with Gasteiger partial charge in [-0.15, -0.1) is 11.6 Å². The third-order valence-electron chi connectivity index (χ3n) is 3.55. The molecule has 0 N–H and O–H groups in total. The molecule has 0 aromatic carbocycles. The summed E-state index contributed by atoms with van der Waals surface area (Å²) in [5.74, 6) is -0.00100. The van der Waals surface area contributed by atoms with Gasteiger partial charge in [0.15, 0.2) is 5.78 Å². The summed E-state index contributed by atoms with van der Waals surface area (Å²) in [6.45, 7) is 8.64. The number of nitrogens with zero attached hydrogens (tertiary/aromatic N) is 1. The van der Waals surface area contributed by atoms with Gasteiger partial charge in [0.1, 0.15) is 0 Å². The Morgan fingerprint density at radius 2 is 2.00 bits per heavy atom. The zero-order valence-corrected chi connectivity index (χ0v) is 14.2. The molecule has 1 heterocycles. The number of rotatable bonds is 10. The fourth-order valence-corrected chi connectivity index (χ4v) is 2.44. The predicted molar refractivity (Wildman–Crippen MR) is 85.5 cm³/mol. The number of halogens is 1. The lowest BCUT2D eigenvalue weighted by atomic mass is 10.1. The van der Waals surface area contributed by atoms with Gasteiger partial charge in [0.25, 0.3) is 0 Å². The Hall–Kier alpha value is -0.840. The molecule has 0 aliphatic rings. The highest BCUT2D eigenvalue weighted by atomic mass is 35.5. The lowest BCUT2D eigenvalue weighted by molar-refractivity contribution is 0.0684. The minimum Gasteiger partial charge on any atom is -0.382 e. The van der Waals surface area contributed by atoms with E-state index in [1.54, 1.807) is 14.0 Å². The van der Waals surface area contributed by atoms with Crippen LogP contribution in [0.2, 0.25) is 0 Å². The molecular formula is C16H26ClNO3. The highest BCUT2D eigenvalue weighted by Crippen LogP contribution is 2.19. The van der Waals surface area contributed by atoms with E-state index in [-0.39, 0.29) is 5.78 Å². The number of alkyl halides is 1. The molecule has 0 saturated carbocycles. The van der Waals surface area contributed by atoms with Crippen molar-refractivity contribution in [2.75, 3.05) is 26.9 Å². The van der Waals surface area contributed by atoms with Gasteiger partial charge in [-0.3, -0.25) is 4.79 Å². The van der Waals surface area contributed by atoms with E-state index in [0.29, 0.717) is 13.2 Å². The van der Waals surface area contributed by atoms with Crippen LogP contribution in [0.4, 0.5) is 0 Å². The van der Waals surface area contributed by atoms with Crippen molar-refractivity contribution in [3.63, 3.8) is 0 Å². The fraction of sp³-hybridized carbons (Fsp3) is 0.688. The molecule has 0 spiro atoms. The van der Waals surface area contributed by atoms with Gasteiger partial charge in [-0.05, 0) is 39.7 Å². The average Bonchev–Trinajstić information content (AvgIpc) is 2.72. The monoisotopic (exact) mass is 315 g/mol. The summed E-state index contributed by atoms with van der Waals surface area (Å²) < 4.78 is 12.5. The first-order valence-electron chi connectivity index (χ1n) is 7.40. The second kappa shape index (κ2) is 9.23. The van der Waals surface area contributed by atoms with Crippen LogP contribution in [0, 0.1) is 13.8 Å². The molecule has 0 bridgehead atoms. The maximum Gasteiger partial charge on any atom is 0.182 e. The Balaban J connectivity index is 2.47. The highest BCUT2D eigenvalue weighted by Gasteiger charge is 2.18. The molecular weight excluding hydrogens is 290 g/mol. The Morgan fingerprint density at radius 3 is 2.62 bits per heavy atom. The lowest BCUT2D eigenvalue weighted by Crippen LogP contribution is -2.12. The summed E-state index contributed by atoms with van der Waals surface area (Å²) in [5, 5.41) is -0.479. The molecule has 0 amide bonds. The van der Waals surface area contributed by atoms with Crippen LogP contribution < -0.4 is 0 Å². The van der Waals surface area contributed by atoms with Gasteiger partial charge in [-0.2, -0.15) is 0 Å². The van der Waals surface area contributed by atoms with Gasteiger partial charge in [-0.25, -0.2) is 0 Å². The van der Waals surface area contributed by atoms with E-state index >= 15 is 0 Å². The number of ketones is 1. The number of hydrogen-bond acceptors (Lipinski definition) is 3. The third kappa shape index (κ3) is 5.46. The van der Waals surface area contributed by atoms with Crippen molar-refractivity contribution in [1.29, 1.82) is 0 Å². The summed E-state index contributed by atoms with van der Waals surface area (Å²) in [6, 6.07) is 1.94.